The summed E-state index contributed by atoms with van der Waals surface area (Å²) in [6.45, 7) is 14.0. The van der Waals surface area contributed by atoms with E-state index in [1.54, 1.807) is 6.08 Å². The molecule has 194 valence electrons. The minimum absolute atomic E-state index is 0.229. The van der Waals surface area contributed by atoms with Crippen LogP contribution in [0.4, 0.5) is 0 Å². The van der Waals surface area contributed by atoms with E-state index in [0.717, 1.165) is 89.5 Å². The van der Waals surface area contributed by atoms with Crippen LogP contribution in [0, 0.1) is 11.8 Å². The first-order valence-electron chi connectivity index (χ1n) is 14.0. The van der Waals surface area contributed by atoms with E-state index >= 15 is 0 Å². The Morgan fingerprint density at radius 2 is 1.15 bits per heavy atom. The fourth-order valence-electron chi connectivity index (χ4n) is 4.14. The normalized spacial score (nSPS) is 13.7. The Kier molecular flexibility index (Phi) is 21.6. The van der Waals surface area contributed by atoms with Gasteiger partial charge in [0.1, 0.15) is 0 Å². The van der Waals surface area contributed by atoms with Gasteiger partial charge in [-0.15, -0.1) is 0 Å². The third-order valence-electron chi connectivity index (χ3n) is 6.76. The summed E-state index contributed by atoms with van der Waals surface area (Å²) >= 11 is -2.42. The predicted molar refractivity (Wildman–Crippen MR) is 143 cm³/mol. The molecule has 0 heterocycles. The summed E-state index contributed by atoms with van der Waals surface area (Å²) in [5.41, 5.74) is 0. The molecule has 2 atom stereocenters. The molecular weight excluding hydrogens is 519 g/mol. The summed E-state index contributed by atoms with van der Waals surface area (Å²) in [5, 5.41) is 0. The van der Waals surface area contributed by atoms with Crippen molar-refractivity contribution >= 4 is 31.7 Å². The number of hydrogen-bond acceptors (Lipinski definition) is 4. The van der Waals surface area contributed by atoms with Crippen LogP contribution in [0.2, 0.25) is 8.87 Å². The van der Waals surface area contributed by atoms with E-state index < -0.39 is 19.8 Å². The second-order valence-corrected chi connectivity index (χ2v) is 18.7. The van der Waals surface area contributed by atoms with Crippen molar-refractivity contribution in [2.75, 3.05) is 13.2 Å². The summed E-state index contributed by atoms with van der Waals surface area (Å²) in [6.07, 6.45) is 14.9. The minimum atomic E-state index is -2.42. The van der Waals surface area contributed by atoms with Crippen LogP contribution in [0.15, 0.2) is 9.67 Å². The van der Waals surface area contributed by atoms with Gasteiger partial charge in [-0.1, -0.05) is 0 Å². The number of carbonyl (C=O) groups excluding carboxylic acids is 2. The molecular formula is C28H54O4Sn. The average Bonchev–Trinajstić information content (AvgIpc) is 2.83. The van der Waals surface area contributed by atoms with E-state index in [0.29, 0.717) is 25.0 Å². The van der Waals surface area contributed by atoms with Crippen LogP contribution in [0.3, 0.4) is 0 Å². The predicted octanol–water partition coefficient (Wildman–Crippen LogP) is 7.80. The third kappa shape index (κ3) is 15.9. The zero-order valence-corrected chi connectivity index (χ0v) is 26.1. The van der Waals surface area contributed by atoms with Crippen LogP contribution >= 0.6 is 0 Å². The first-order valence-corrected chi connectivity index (χ1v) is 20.3. The van der Waals surface area contributed by atoms with Crippen molar-refractivity contribution in [3.05, 3.63) is 9.67 Å². The van der Waals surface area contributed by atoms with Crippen molar-refractivity contribution in [1.29, 1.82) is 0 Å². The van der Waals surface area contributed by atoms with Crippen molar-refractivity contribution in [1.82, 2.24) is 0 Å². The molecule has 0 aliphatic heterocycles. The molecule has 0 N–H and O–H groups in total. The number of esters is 2. The van der Waals surface area contributed by atoms with Crippen molar-refractivity contribution < 1.29 is 19.1 Å². The van der Waals surface area contributed by atoms with Gasteiger partial charge in [0, 0.05) is 0 Å². The molecule has 2 unspecified atom stereocenters. The summed E-state index contributed by atoms with van der Waals surface area (Å²) in [5.74, 6) is 0.240. The van der Waals surface area contributed by atoms with Gasteiger partial charge in [-0.2, -0.15) is 0 Å². The fraction of sp³-hybridized carbons (Fsp3) is 0.857. The molecule has 0 fully saturated rings. The van der Waals surface area contributed by atoms with E-state index in [9.17, 15) is 9.59 Å². The van der Waals surface area contributed by atoms with Crippen molar-refractivity contribution in [2.45, 2.75) is 127 Å². The van der Waals surface area contributed by atoms with Gasteiger partial charge in [0.2, 0.25) is 0 Å². The second kappa shape index (κ2) is 22.0. The first-order chi connectivity index (χ1) is 16.0. The quantitative estimate of drug-likeness (QED) is 0.0799. The molecule has 5 heteroatoms. The third-order valence-corrected chi connectivity index (χ3v) is 16.7. The van der Waals surface area contributed by atoms with Gasteiger partial charge in [-0.25, -0.2) is 0 Å². The Labute approximate surface area is 212 Å². The molecule has 0 aliphatic carbocycles. The van der Waals surface area contributed by atoms with E-state index in [1.807, 2.05) is 0 Å². The number of hydrogen-bond donors (Lipinski definition) is 0. The van der Waals surface area contributed by atoms with E-state index in [-0.39, 0.29) is 11.9 Å². The molecule has 0 radical (unpaired) electrons. The van der Waals surface area contributed by atoms with Crippen LogP contribution in [0.25, 0.3) is 0 Å². The molecule has 4 nitrogen and oxygen atoms in total. The Morgan fingerprint density at radius 3 is 1.58 bits per heavy atom. The second-order valence-electron chi connectivity index (χ2n) is 9.64. The zero-order valence-electron chi connectivity index (χ0n) is 22.8. The summed E-state index contributed by atoms with van der Waals surface area (Å²) in [4.78, 5) is 26.0. The summed E-state index contributed by atoms with van der Waals surface area (Å²) < 4.78 is 14.4. The molecule has 0 aromatic carbocycles. The van der Waals surface area contributed by atoms with Gasteiger partial charge in [0.15, 0.2) is 0 Å². The van der Waals surface area contributed by atoms with Crippen LogP contribution < -0.4 is 0 Å². The molecule has 0 saturated heterocycles. The molecule has 0 saturated carbocycles. The van der Waals surface area contributed by atoms with Crippen molar-refractivity contribution in [3.63, 3.8) is 0 Å². The molecule has 0 spiro atoms. The first kappa shape index (κ1) is 32.5. The van der Waals surface area contributed by atoms with Gasteiger partial charge in [0.05, 0.1) is 0 Å². The monoisotopic (exact) mass is 574 g/mol. The Hall–Kier alpha value is -0.521. The number of carbonyl (C=O) groups is 2. The van der Waals surface area contributed by atoms with E-state index in [2.05, 4.69) is 41.5 Å². The number of ether oxygens (including phenoxy) is 2. The average molecular weight is 573 g/mol. The summed E-state index contributed by atoms with van der Waals surface area (Å²) in [6, 6.07) is 0. The molecule has 0 rings (SSSR count). The number of unbranched alkanes of at least 4 members (excludes halogenated alkanes) is 4. The molecule has 0 aromatic heterocycles. The van der Waals surface area contributed by atoms with E-state index in [1.165, 1.54) is 0 Å². The SMILES string of the molecule is CCCCC(CC)COC(=O)/C=[C](\C(=O)OCC(CC)CCCC)[SnH]([CH2]CCC)[CH2]CCC. The topological polar surface area (TPSA) is 52.6 Å². The standard InChI is InChI=1S/C20H35O4.2C4H9.Sn.H/c1-5-9-11-17(7-3)15-23-19(21)13-14-20(22)24-16-18(8-4)12-10-6-2;2*1-3-4-2;;/h13,17-18H,5-12,15-16H2,1-4H3;2*1,3-4H2,2H3;;. The maximum atomic E-state index is 13.2. The molecule has 0 amide bonds. The van der Waals surface area contributed by atoms with Crippen molar-refractivity contribution in [3.8, 4) is 0 Å². The maximum absolute atomic E-state index is 13.2. The van der Waals surface area contributed by atoms with Crippen LogP contribution in [-0.2, 0) is 19.1 Å². The van der Waals surface area contributed by atoms with Gasteiger partial charge < -0.3 is 0 Å². The zero-order chi connectivity index (χ0) is 24.9. The van der Waals surface area contributed by atoms with Crippen LogP contribution in [-0.4, -0.2) is 44.9 Å². The molecule has 0 aliphatic rings. The Balaban J connectivity index is 5.41. The Morgan fingerprint density at radius 1 is 0.697 bits per heavy atom. The van der Waals surface area contributed by atoms with E-state index in [4.69, 9.17) is 9.47 Å². The molecule has 0 bridgehead atoms. The number of rotatable bonds is 21. The van der Waals surface area contributed by atoms with Crippen LogP contribution in [0.1, 0.15) is 119 Å². The molecule has 0 aromatic rings. The van der Waals surface area contributed by atoms with Gasteiger partial charge in [-0.05, 0) is 0 Å². The summed E-state index contributed by atoms with van der Waals surface area (Å²) in [7, 11) is 0. The van der Waals surface area contributed by atoms with Gasteiger partial charge in [-0.3, -0.25) is 0 Å². The van der Waals surface area contributed by atoms with Crippen molar-refractivity contribution in [2.24, 2.45) is 11.8 Å². The van der Waals surface area contributed by atoms with Gasteiger partial charge >= 0.3 is 213 Å². The fourth-order valence-corrected chi connectivity index (χ4v) is 14.1. The van der Waals surface area contributed by atoms with Gasteiger partial charge in [0.25, 0.3) is 0 Å². The van der Waals surface area contributed by atoms with Crippen LogP contribution in [0.5, 0.6) is 0 Å². The Bertz CT molecular complexity index is 524. The molecule has 33 heavy (non-hydrogen) atoms.